The topological polar surface area (TPSA) is 87.7 Å². The fourth-order valence-corrected chi connectivity index (χ4v) is 5.26. The molecule has 7 nitrogen and oxygen atoms in total. The Morgan fingerprint density at radius 1 is 1.07 bits per heavy atom. The summed E-state index contributed by atoms with van der Waals surface area (Å²) in [5.41, 5.74) is 1.17. The average molecular weight is 416 g/mol. The third-order valence-electron chi connectivity index (χ3n) is 5.39. The SMILES string of the molecule is O=C(NCCc1ccccc1)N1CC[C@@H]2Oc3ccccc3S(=O)(=O)N[C@@H]2CC1. The van der Waals surface area contributed by atoms with Gasteiger partial charge in [-0.3, -0.25) is 0 Å². The van der Waals surface area contributed by atoms with Crippen molar-refractivity contribution in [1.82, 2.24) is 14.9 Å². The van der Waals surface area contributed by atoms with Gasteiger partial charge in [0.25, 0.3) is 0 Å². The zero-order valence-corrected chi connectivity index (χ0v) is 16.9. The molecule has 0 radical (unpaired) electrons. The van der Waals surface area contributed by atoms with Gasteiger partial charge in [-0.1, -0.05) is 42.5 Å². The van der Waals surface area contributed by atoms with Crippen molar-refractivity contribution in [2.75, 3.05) is 19.6 Å². The van der Waals surface area contributed by atoms with E-state index in [1.54, 1.807) is 29.2 Å². The van der Waals surface area contributed by atoms with Gasteiger partial charge in [-0.15, -0.1) is 0 Å². The van der Waals surface area contributed by atoms with Crippen molar-refractivity contribution in [3.8, 4) is 5.75 Å². The molecule has 0 saturated carbocycles. The summed E-state index contributed by atoms with van der Waals surface area (Å²) in [6.45, 7) is 1.55. The van der Waals surface area contributed by atoms with Gasteiger partial charge in [-0.2, -0.15) is 0 Å². The minimum Gasteiger partial charge on any atom is -0.487 e. The first-order chi connectivity index (χ1) is 14.0. The minimum absolute atomic E-state index is 0.124. The first-order valence-electron chi connectivity index (χ1n) is 9.88. The third-order valence-corrected chi connectivity index (χ3v) is 6.92. The van der Waals surface area contributed by atoms with Crippen LogP contribution in [0, 0.1) is 0 Å². The highest BCUT2D eigenvalue weighted by molar-refractivity contribution is 7.89. The number of para-hydroxylation sites is 1. The largest absolute Gasteiger partial charge is 0.487 e. The van der Waals surface area contributed by atoms with E-state index in [9.17, 15) is 13.2 Å². The summed E-state index contributed by atoms with van der Waals surface area (Å²) in [5.74, 6) is 0.369. The molecular formula is C21H25N3O4S. The van der Waals surface area contributed by atoms with Crippen molar-refractivity contribution in [2.45, 2.75) is 36.3 Å². The molecule has 4 rings (SSSR count). The van der Waals surface area contributed by atoms with Gasteiger partial charge >= 0.3 is 6.03 Å². The van der Waals surface area contributed by atoms with E-state index in [2.05, 4.69) is 10.0 Å². The molecule has 0 aliphatic carbocycles. The molecule has 2 aromatic rings. The van der Waals surface area contributed by atoms with Gasteiger partial charge in [0, 0.05) is 26.1 Å². The number of sulfonamides is 1. The van der Waals surface area contributed by atoms with E-state index in [0.29, 0.717) is 38.2 Å². The van der Waals surface area contributed by atoms with E-state index < -0.39 is 10.0 Å². The number of rotatable bonds is 3. The Bertz CT molecular complexity index is 965. The second-order valence-corrected chi connectivity index (χ2v) is 9.05. The monoisotopic (exact) mass is 415 g/mol. The highest BCUT2D eigenvalue weighted by Gasteiger charge is 2.37. The van der Waals surface area contributed by atoms with Crippen LogP contribution in [0.2, 0.25) is 0 Å². The van der Waals surface area contributed by atoms with Gasteiger partial charge in [0.15, 0.2) is 0 Å². The molecule has 29 heavy (non-hydrogen) atoms. The first-order valence-corrected chi connectivity index (χ1v) is 11.4. The summed E-state index contributed by atoms with van der Waals surface area (Å²) in [5, 5.41) is 2.96. The van der Waals surface area contributed by atoms with Gasteiger partial charge in [0.1, 0.15) is 16.7 Å². The summed E-state index contributed by atoms with van der Waals surface area (Å²) in [6.07, 6.45) is 1.53. The van der Waals surface area contributed by atoms with Crippen LogP contribution < -0.4 is 14.8 Å². The maximum atomic E-state index is 12.7. The van der Waals surface area contributed by atoms with E-state index in [1.807, 2.05) is 30.3 Å². The number of fused-ring (bicyclic) bond motifs is 2. The van der Waals surface area contributed by atoms with Gasteiger partial charge in [-0.05, 0) is 30.5 Å². The van der Waals surface area contributed by atoms with Gasteiger partial charge < -0.3 is 15.0 Å². The van der Waals surface area contributed by atoms with Crippen molar-refractivity contribution in [2.24, 2.45) is 0 Å². The Balaban J connectivity index is 1.38. The van der Waals surface area contributed by atoms with Crippen LogP contribution in [0.1, 0.15) is 18.4 Å². The molecule has 2 amide bonds. The molecule has 2 aromatic carbocycles. The highest BCUT2D eigenvalue weighted by Crippen LogP contribution is 2.30. The van der Waals surface area contributed by atoms with Crippen molar-refractivity contribution >= 4 is 16.1 Å². The number of hydrogen-bond acceptors (Lipinski definition) is 4. The molecule has 2 N–H and O–H groups in total. The predicted molar refractivity (Wildman–Crippen MR) is 109 cm³/mol. The van der Waals surface area contributed by atoms with Crippen molar-refractivity contribution in [1.29, 1.82) is 0 Å². The molecule has 2 heterocycles. The summed E-state index contributed by atoms with van der Waals surface area (Å²) in [6, 6.07) is 16.2. The van der Waals surface area contributed by atoms with Crippen molar-refractivity contribution in [3.05, 3.63) is 60.2 Å². The van der Waals surface area contributed by atoms with E-state index in [-0.39, 0.29) is 23.1 Å². The summed E-state index contributed by atoms with van der Waals surface area (Å²) in [7, 11) is -3.64. The zero-order chi connectivity index (χ0) is 20.3. The number of carbonyl (C=O) groups excluding carboxylic acids is 1. The van der Waals surface area contributed by atoms with Crippen LogP contribution in [0.15, 0.2) is 59.5 Å². The Hall–Kier alpha value is -2.58. The fraction of sp³-hybridized carbons (Fsp3) is 0.381. The maximum Gasteiger partial charge on any atom is 0.317 e. The highest BCUT2D eigenvalue weighted by atomic mass is 32.2. The zero-order valence-electron chi connectivity index (χ0n) is 16.1. The van der Waals surface area contributed by atoms with Crippen LogP contribution in [0.25, 0.3) is 0 Å². The van der Waals surface area contributed by atoms with Crippen LogP contribution in [0.4, 0.5) is 4.79 Å². The second kappa shape index (κ2) is 8.42. The molecule has 0 spiro atoms. The number of carbonyl (C=O) groups is 1. The number of ether oxygens (including phenoxy) is 1. The van der Waals surface area contributed by atoms with E-state index in [4.69, 9.17) is 4.74 Å². The van der Waals surface area contributed by atoms with Crippen LogP contribution >= 0.6 is 0 Å². The normalized spacial score (nSPS) is 23.0. The smallest absolute Gasteiger partial charge is 0.317 e. The molecule has 2 atom stereocenters. The lowest BCUT2D eigenvalue weighted by molar-refractivity contribution is 0.157. The third kappa shape index (κ3) is 4.54. The second-order valence-electron chi connectivity index (χ2n) is 7.36. The van der Waals surface area contributed by atoms with Crippen LogP contribution in [0.3, 0.4) is 0 Å². The number of hydrogen-bond donors (Lipinski definition) is 2. The average Bonchev–Trinajstić information content (AvgIpc) is 2.97. The molecule has 1 fully saturated rings. The summed E-state index contributed by atoms with van der Waals surface area (Å²) in [4.78, 5) is 14.5. The Morgan fingerprint density at radius 2 is 1.79 bits per heavy atom. The quantitative estimate of drug-likeness (QED) is 0.804. The molecular weight excluding hydrogens is 390 g/mol. The number of benzene rings is 2. The Kier molecular flexibility index (Phi) is 5.73. The van der Waals surface area contributed by atoms with Crippen LogP contribution in [-0.2, 0) is 16.4 Å². The molecule has 8 heteroatoms. The number of amides is 2. The summed E-state index contributed by atoms with van der Waals surface area (Å²) >= 11 is 0. The number of likely N-dealkylation sites (tertiary alicyclic amines) is 1. The molecule has 0 unspecified atom stereocenters. The van der Waals surface area contributed by atoms with Gasteiger partial charge in [0.2, 0.25) is 10.0 Å². The van der Waals surface area contributed by atoms with Crippen LogP contribution in [-0.4, -0.2) is 51.1 Å². The lowest BCUT2D eigenvalue weighted by Gasteiger charge is -2.22. The standard InChI is InChI=1S/C21H25N3O4S/c25-21(22-13-10-16-6-2-1-3-7-16)24-14-11-17-18(12-15-24)28-19-8-4-5-9-20(19)29(26,27)23-17/h1-9,17-18,23H,10-15H2,(H,22,25)/t17-,18+/m1/s1. The summed E-state index contributed by atoms with van der Waals surface area (Å²) < 4.78 is 34.1. The molecule has 154 valence electrons. The van der Waals surface area contributed by atoms with Crippen molar-refractivity contribution in [3.63, 3.8) is 0 Å². The molecule has 1 saturated heterocycles. The predicted octanol–water partition coefficient (Wildman–Crippen LogP) is 2.14. The van der Waals surface area contributed by atoms with E-state index >= 15 is 0 Å². The molecule has 2 aliphatic heterocycles. The minimum atomic E-state index is -3.64. The van der Waals surface area contributed by atoms with Gasteiger partial charge in [0.05, 0.1) is 6.04 Å². The lowest BCUT2D eigenvalue weighted by atomic mass is 10.1. The van der Waals surface area contributed by atoms with Gasteiger partial charge in [-0.25, -0.2) is 17.9 Å². The molecule has 0 bridgehead atoms. The lowest BCUT2D eigenvalue weighted by Crippen LogP contribution is -2.43. The molecule has 0 aromatic heterocycles. The Labute approximate surface area is 171 Å². The first kappa shape index (κ1) is 19.7. The van der Waals surface area contributed by atoms with Crippen LogP contribution in [0.5, 0.6) is 5.75 Å². The van der Waals surface area contributed by atoms with Crippen molar-refractivity contribution < 1.29 is 17.9 Å². The fourth-order valence-electron chi connectivity index (χ4n) is 3.82. The number of nitrogens with one attached hydrogen (secondary N) is 2. The maximum absolute atomic E-state index is 12.7. The Morgan fingerprint density at radius 3 is 2.62 bits per heavy atom. The van der Waals surface area contributed by atoms with E-state index in [0.717, 1.165) is 6.42 Å². The number of urea groups is 1. The number of nitrogens with zero attached hydrogens (tertiary/aromatic N) is 1. The van der Waals surface area contributed by atoms with E-state index in [1.165, 1.54) is 5.56 Å². The molecule has 2 aliphatic rings.